The first-order chi connectivity index (χ1) is 8.00. The molecule has 0 N–H and O–H groups in total. The highest BCUT2D eigenvalue weighted by Gasteiger charge is 2.47. The van der Waals surface area contributed by atoms with Gasteiger partial charge in [-0.1, -0.05) is 13.3 Å². The lowest BCUT2D eigenvalue weighted by Gasteiger charge is -2.14. The van der Waals surface area contributed by atoms with Crippen LogP contribution in [0.1, 0.15) is 26.2 Å². The quantitative estimate of drug-likeness (QED) is 0.442. The molecule has 0 aliphatic carbocycles. The van der Waals surface area contributed by atoms with Crippen molar-refractivity contribution in [2.45, 2.75) is 38.5 Å². The Labute approximate surface area is 97.4 Å². The van der Waals surface area contributed by atoms with Gasteiger partial charge in [0.1, 0.15) is 5.83 Å². The molecule has 106 valence electrons. The van der Waals surface area contributed by atoms with Crippen molar-refractivity contribution in [3.8, 4) is 0 Å². The molecule has 0 radical (unpaired) electrons. The number of alkyl halides is 6. The van der Waals surface area contributed by atoms with Gasteiger partial charge in [0.2, 0.25) is 5.76 Å². The molecule has 2 nitrogen and oxygen atoms in total. The second kappa shape index (κ2) is 6.05. The summed E-state index contributed by atoms with van der Waals surface area (Å²) in [6, 6.07) is 0. The number of halogens is 7. The lowest BCUT2D eigenvalue weighted by molar-refractivity contribution is -0.206. The molecule has 0 rings (SSSR count). The Morgan fingerprint density at radius 3 is 1.89 bits per heavy atom. The van der Waals surface area contributed by atoms with Gasteiger partial charge in [0, 0.05) is 6.42 Å². The van der Waals surface area contributed by atoms with Crippen LogP contribution >= 0.6 is 0 Å². The predicted octanol–water partition coefficient (Wildman–Crippen LogP) is 4.03. The van der Waals surface area contributed by atoms with Crippen molar-refractivity contribution >= 4 is 5.97 Å². The lowest BCUT2D eigenvalue weighted by atomic mass is 10.2. The van der Waals surface area contributed by atoms with Crippen LogP contribution in [0.4, 0.5) is 30.7 Å². The minimum atomic E-state index is -5.62. The van der Waals surface area contributed by atoms with Crippen molar-refractivity contribution in [3.63, 3.8) is 0 Å². The number of carbonyl (C=O) groups excluding carboxylic acids is 1. The van der Waals surface area contributed by atoms with Gasteiger partial charge in [0.15, 0.2) is 0 Å². The fourth-order valence-electron chi connectivity index (χ4n) is 0.863. The maximum absolute atomic E-state index is 13.0. The van der Waals surface area contributed by atoms with Crippen molar-refractivity contribution in [1.29, 1.82) is 0 Å². The second-order valence-electron chi connectivity index (χ2n) is 3.22. The molecule has 0 bridgehead atoms. The number of carbonyl (C=O) groups is 1. The smallest absolute Gasteiger partial charge is 0.412 e. The van der Waals surface area contributed by atoms with Crippen LogP contribution in [-0.4, -0.2) is 18.3 Å². The Hall–Kier alpha value is -1.28. The van der Waals surface area contributed by atoms with Crippen molar-refractivity contribution in [2.24, 2.45) is 0 Å². The second-order valence-corrected chi connectivity index (χ2v) is 3.22. The molecule has 0 spiro atoms. The zero-order valence-electron chi connectivity index (χ0n) is 9.08. The van der Waals surface area contributed by atoms with E-state index >= 15 is 0 Å². The Morgan fingerprint density at radius 2 is 1.56 bits per heavy atom. The van der Waals surface area contributed by atoms with E-state index in [1.807, 2.05) is 0 Å². The van der Waals surface area contributed by atoms with Gasteiger partial charge in [-0.25, -0.2) is 9.18 Å². The van der Waals surface area contributed by atoms with E-state index in [-0.39, 0.29) is 6.42 Å². The number of ether oxygens (including phenoxy) is 1. The van der Waals surface area contributed by atoms with E-state index in [0.717, 1.165) is 0 Å². The Kier molecular flexibility index (Phi) is 5.62. The van der Waals surface area contributed by atoms with Crippen LogP contribution < -0.4 is 0 Å². The molecule has 0 atom stereocenters. The number of rotatable bonds is 4. The van der Waals surface area contributed by atoms with Crippen LogP contribution in [0.2, 0.25) is 0 Å². The minimum Gasteiger partial charge on any atom is -0.412 e. The molecule has 0 saturated carbocycles. The summed E-state index contributed by atoms with van der Waals surface area (Å²) in [5.74, 6) is -7.58. The molecular weight excluding hydrogens is 273 g/mol. The summed E-state index contributed by atoms with van der Waals surface area (Å²) in [4.78, 5) is 10.3. The Balaban J connectivity index is 5.10. The third kappa shape index (κ3) is 5.37. The van der Waals surface area contributed by atoms with E-state index in [0.29, 0.717) is 6.42 Å². The number of allylic oxidation sites excluding steroid dienone is 2. The highest BCUT2D eigenvalue weighted by atomic mass is 19.4. The summed E-state index contributed by atoms with van der Waals surface area (Å²) >= 11 is 0. The summed E-state index contributed by atoms with van der Waals surface area (Å²) in [5.41, 5.74) is 0. The third-order valence-electron chi connectivity index (χ3n) is 1.68. The molecule has 0 saturated heterocycles. The molecule has 0 aliphatic heterocycles. The van der Waals surface area contributed by atoms with Gasteiger partial charge in [-0.05, 0) is 6.42 Å². The first-order valence-electron chi connectivity index (χ1n) is 4.75. The van der Waals surface area contributed by atoms with Crippen molar-refractivity contribution < 1.29 is 40.3 Å². The standard InChI is InChI=1S/C9H9F7O2/c1-2-3-4-5(10)6(8(11,12)13)18-7(17)9(14,15)16/h2-4H2,1H3/b6-5-. The highest BCUT2D eigenvalue weighted by molar-refractivity contribution is 5.76. The largest absolute Gasteiger partial charge is 0.491 e. The van der Waals surface area contributed by atoms with Gasteiger partial charge < -0.3 is 4.74 Å². The maximum Gasteiger partial charge on any atom is 0.491 e. The molecule has 0 aromatic rings. The molecule has 0 aromatic heterocycles. The molecule has 0 heterocycles. The first-order valence-corrected chi connectivity index (χ1v) is 4.75. The van der Waals surface area contributed by atoms with Gasteiger partial charge in [0.05, 0.1) is 0 Å². The average Bonchev–Trinajstić information content (AvgIpc) is 2.18. The summed E-state index contributed by atoms with van der Waals surface area (Å²) in [5, 5.41) is 0. The zero-order chi connectivity index (χ0) is 14.6. The molecule has 0 fully saturated rings. The van der Waals surface area contributed by atoms with Crippen LogP contribution in [0, 0.1) is 0 Å². The molecule has 18 heavy (non-hydrogen) atoms. The number of unbranched alkanes of at least 4 members (excludes halogenated alkanes) is 1. The SMILES string of the molecule is CCCC/C(F)=C(/OC(=O)C(F)(F)F)C(F)(F)F. The number of hydrogen-bond acceptors (Lipinski definition) is 2. The topological polar surface area (TPSA) is 26.3 Å². The fraction of sp³-hybridized carbons (Fsp3) is 0.667. The lowest BCUT2D eigenvalue weighted by Crippen LogP contribution is -2.29. The van der Waals surface area contributed by atoms with Crippen LogP contribution in [0.15, 0.2) is 11.6 Å². The summed E-state index contributed by atoms with van der Waals surface area (Å²) in [6.07, 6.45) is -11.6. The van der Waals surface area contributed by atoms with Crippen LogP contribution in [0.3, 0.4) is 0 Å². The van der Waals surface area contributed by atoms with Crippen molar-refractivity contribution in [1.82, 2.24) is 0 Å². The van der Waals surface area contributed by atoms with Crippen molar-refractivity contribution in [3.05, 3.63) is 11.6 Å². The molecule has 0 aromatic carbocycles. The summed E-state index contributed by atoms with van der Waals surface area (Å²) in [7, 11) is 0. The fourth-order valence-corrected chi connectivity index (χ4v) is 0.863. The van der Waals surface area contributed by atoms with Crippen LogP contribution in [0.5, 0.6) is 0 Å². The van der Waals surface area contributed by atoms with E-state index in [9.17, 15) is 35.5 Å². The van der Waals surface area contributed by atoms with Gasteiger partial charge in [-0.2, -0.15) is 26.3 Å². The van der Waals surface area contributed by atoms with Crippen molar-refractivity contribution in [2.75, 3.05) is 0 Å². The van der Waals surface area contributed by atoms with E-state index in [4.69, 9.17) is 0 Å². The molecule has 0 aliphatic rings. The molecular formula is C9H9F7O2. The monoisotopic (exact) mass is 282 g/mol. The predicted molar refractivity (Wildman–Crippen MR) is 45.9 cm³/mol. The molecule has 9 heteroatoms. The normalized spacial score (nSPS) is 14.2. The number of esters is 1. The molecule has 0 amide bonds. The van der Waals surface area contributed by atoms with Crippen LogP contribution in [-0.2, 0) is 9.53 Å². The summed E-state index contributed by atoms with van der Waals surface area (Å²) in [6.45, 7) is 1.54. The summed E-state index contributed by atoms with van der Waals surface area (Å²) < 4.78 is 87.9. The van der Waals surface area contributed by atoms with Crippen LogP contribution in [0.25, 0.3) is 0 Å². The highest BCUT2D eigenvalue weighted by Crippen LogP contribution is 2.33. The minimum absolute atomic E-state index is 0.0189. The average molecular weight is 282 g/mol. The maximum atomic E-state index is 13.0. The molecule has 0 unspecified atom stereocenters. The number of hydrogen-bond donors (Lipinski definition) is 0. The first kappa shape index (κ1) is 16.7. The van der Waals surface area contributed by atoms with E-state index in [1.54, 1.807) is 6.92 Å². The van der Waals surface area contributed by atoms with E-state index < -0.39 is 36.3 Å². The van der Waals surface area contributed by atoms with Gasteiger partial charge >= 0.3 is 18.3 Å². The Bertz CT molecular complexity index is 327. The van der Waals surface area contributed by atoms with E-state index in [1.165, 1.54) is 0 Å². The van der Waals surface area contributed by atoms with E-state index in [2.05, 4.69) is 4.74 Å². The van der Waals surface area contributed by atoms with Gasteiger partial charge in [-0.15, -0.1) is 0 Å². The van der Waals surface area contributed by atoms with Gasteiger partial charge in [0.25, 0.3) is 0 Å². The zero-order valence-corrected chi connectivity index (χ0v) is 9.08. The third-order valence-corrected chi connectivity index (χ3v) is 1.68. The van der Waals surface area contributed by atoms with Gasteiger partial charge in [-0.3, -0.25) is 0 Å². The Morgan fingerprint density at radius 1 is 1.06 bits per heavy atom.